The van der Waals surface area contributed by atoms with Crippen LogP contribution in [-0.4, -0.2) is 24.8 Å². The van der Waals surface area contributed by atoms with Gasteiger partial charge >= 0.3 is 0 Å². The van der Waals surface area contributed by atoms with Gasteiger partial charge in [0, 0.05) is 35.6 Å². The Hall–Kier alpha value is -2.90. The number of hydrogen-bond acceptors (Lipinski definition) is 7. The van der Waals surface area contributed by atoms with E-state index in [1.165, 1.54) is 0 Å². The number of fused-ring (bicyclic) bond motifs is 2. The first-order chi connectivity index (χ1) is 12.8. The molecule has 0 radical (unpaired) electrons. The molecule has 4 heterocycles. The molecule has 0 fully saturated rings. The Kier molecular flexibility index (Phi) is 3.80. The summed E-state index contributed by atoms with van der Waals surface area (Å²) in [5, 5.41) is 7.66. The van der Waals surface area contributed by atoms with Crippen molar-refractivity contribution < 1.29 is 0 Å². The van der Waals surface area contributed by atoms with E-state index < -0.39 is 0 Å². The maximum Gasteiger partial charge on any atom is 0.138 e. The van der Waals surface area contributed by atoms with Gasteiger partial charge in [-0.2, -0.15) is 0 Å². The molecule has 0 bridgehead atoms. The van der Waals surface area contributed by atoms with Gasteiger partial charge in [-0.1, -0.05) is 18.2 Å². The van der Waals surface area contributed by atoms with Gasteiger partial charge in [0.15, 0.2) is 0 Å². The molecule has 1 aliphatic rings. The minimum absolute atomic E-state index is 0.819. The number of pyridine rings is 1. The molecular formula is C19H16N6S. The number of para-hydroxylation sites is 1. The first kappa shape index (κ1) is 15.4. The Bertz CT molecular complexity index is 1060. The number of hydrogen-bond donors (Lipinski definition) is 1. The molecule has 4 aromatic rings. The molecule has 0 unspecified atom stereocenters. The highest BCUT2D eigenvalue weighted by Gasteiger charge is 2.24. The number of rotatable bonds is 4. The first-order valence-electron chi connectivity index (χ1n) is 8.40. The number of anilines is 2. The van der Waals surface area contributed by atoms with Crippen LogP contribution < -0.4 is 5.32 Å². The van der Waals surface area contributed by atoms with Gasteiger partial charge in [0.1, 0.15) is 17.2 Å². The fourth-order valence-corrected chi connectivity index (χ4v) is 3.92. The van der Waals surface area contributed by atoms with Crippen molar-refractivity contribution in [3.05, 3.63) is 70.7 Å². The molecule has 0 amide bonds. The zero-order valence-corrected chi connectivity index (χ0v) is 14.8. The second-order valence-corrected chi connectivity index (χ2v) is 7.24. The Morgan fingerprint density at radius 2 is 2.04 bits per heavy atom. The van der Waals surface area contributed by atoms with Gasteiger partial charge < -0.3 is 5.32 Å². The number of thiazole rings is 1. The Balaban J connectivity index is 1.40. The summed E-state index contributed by atoms with van der Waals surface area (Å²) < 4.78 is 0. The third kappa shape index (κ3) is 2.91. The molecule has 3 aromatic heterocycles. The molecule has 5 rings (SSSR count). The molecule has 0 saturated heterocycles. The zero-order chi connectivity index (χ0) is 17.3. The van der Waals surface area contributed by atoms with E-state index in [-0.39, 0.29) is 0 Å². The molecule has 1 aromatic carbocycles. The molecular weight excluding hydrogens is 344 g/mol. The van der Waals surface area contributed by atoms with Crippen LogP contribution >= 0.6 is 11.3 Å². The van der Waals surface area contributed by atoms with Crippen molar-refractivity contribution in [2.45, 2.75) is 19.6 Å². The van der Waals surface area contributed by atoms with E-state index in [9.17, 15) is 0 Å². The Morgan fingerprint density at radius 3 is 2.96 bits per heavy atom. The van der Waals surface area contributed by atoms with Crippen molar-refractivity contribution in [2.24, 2.45) is 0 Å². The summed E-state index contributed by atoms with van der Waals surface area (Å²) in [7, 11) is 0. The van der Waals surface area contributed by atoms with Crippen molar-refractivity contribution in [3.63, 3.8) is 0 Å². The Labute approximate surface area is 154 Å². The van der Waals surface area contributed by atoms with E-state index in [0.29, 0.717) is 0 Å². The third-order valence-electron chi connectivity index (χ3n) is 4.49. The minimum Gasteiger partial charge on any atom is -0.339 e. The first-order valence-corrected chi connectivity index (χ1v) is 9.28. The van der Waals surface area contributed by atoms with Crippen LogP contribution in [0, 0.1) is 0 Å². The quantitative estimate of drug-likeness (QED) is 0.598. The monoisotopic (exact) mass is 360 g/mol. The normalized spacial score (nSPS) is 13.8. The van der Waals surface area contributed by atoms with Crippen molar-refractivity contribution in [1.82, 2.24) is 24.8 Å². The van der Waals surface area contributed by atoms with E-state index in [0.717, 1.165) is 58.3 Å². The lowest BCUT2D eigenvalue weighted by Crippen LogP contribution is -2.15. The van der Waals surface area contributed by atoms with Crippen LogP contribution in [0.2, 0.25) is 0 Å². The predicted molar refractivity (Wildman–Crippen MR) is 102 cm³/mol. The molecule has 0 spiro atoms. The van der Waals surface area contributed by atoms with E-state index in [4.69, 9.17) is 0 Å². The lowest BCUT2D eigenvalue weighted by molar-refractivity contribution is 0.273. The largest absolute Gasteiger partial charge is 0.339 e. The molecule has 0 aliphatic carbocycles. The van der Waals surface area contributed by atoms with Crippen LogP contribution in [-0.2, 0) is 19.6 Å². The molecule has 0 atom stereocenters. The van der Waals surface area contributed by atoms with E-state index in [1.54, 1.807) is 17.7 Å². The van der Waals surface area contributed by atoms with Crippen molar-refractivity contribution in [1.29, 1.82) is 0 Å². The molecule has 128 valence electrons. The summed E-state index contributed by atoms with van der Waals surface area (Å²) in [6, 6.07) is 10.2. The number of nitrogens with one attached hydrogen (secondary N) is 1. The van der Waals surface area contributed by atoms with E-state index in [2.05, 4.69) is 42.3 Å². The maximum absolute atomic E-state index is 4.51. The summed E-state index contributed by atoms with van der Waals surface area (Å²) in [5.74, 6) is 0.855. The lowest BCUT2D eigenvalue weighted by Gasteiger charge is -2.12. The number of nitrogens with zero attached hydrogens (tertiary/aromatic N) is 5. The van der Waals surface area contributed by atoms with Crippen LogP contribution in [0.1, 0.15) is 16.3 Å². The molecule has 1 aliphatic heterocycles. The van der Waals surface area contributed by atoms with Gasteiger partial charge in [-0.15, -0.1) is 11.3 Å². The van der Waals surface area contributed by atoms with Gasteiger partial charge in [0.05, 0.1) is 29.6 Å². The summed E-state index contributed by atoms with van der Waals surface area (Å²) >= 11 is 1.68. The average molecular weight is 360 g/mol. The van der Waals surface area contributed by atoms with Crippen LogP contribution in [0.3, 0.4) is 0 Å². The maximum atomic E-state index is 4.51. The SMILES string of the molecule is c1ccc2ncc(Nc3ncnc4c3CN(Cc3nccs3)C4)cc2c1. The third-order valence-corrected chi connectivity index (χ3v) is 5.25. The highest BCUT2D eigenvalue weighted by atomic mass is 32.1. The summed E-state index contributed by atoms with van der Waals surface area (Å²) in [6.07, 6.45) is 5.32. The molecule has 6 nitrogen and oxygen atoms in total. The second-order valence-electron chi connectivity index (χ2n) is 6.26. The van der Waals surface area contributed by atoms with Crippen LogP contribution in [0.25, 0.3) is 10.9 Å². The standard InChI is InChI=1S/C19H16N6S/c1-2-4-16-13(3-1)7-14(8-21-16)24-19-15-9-25(10-17(15)22-12-23-19)11-18-20-5-6-26-18/h1-8,12H,9-11H2,(H,22,23,24). The smallest absolute Gasteiger partial charge is 0.138 e. The van der Waals surface area contributed by atoms with Gasteiger partial charge in [-0.25, -0.2) is 15.0 Å². The van der Waals surface area contributed by atoms with Gasteiger partial charge in [-0.3, -0.25) is 9.88 Å². The van der Waals surface area contributed by atoms with Gasteiger partial charge in [-0.05, 0) is 12.1 Å². The topological polar surface area (TPSA) is 66.8 Å². The van der Waals surface area contributed by atoms with Crippen molar-refractivity contribution >= 4 is 33.7 Å². The van der Waals surface area contributed by atoms with Crippen molar-refractivity contribution in [2.75, 3.05) is 5.32 Å². The van der Waals surface area contributed by atoms with Crippen molar-refractivity contribution in [3.8, 4) is 0 Å². The average Bonchev–Trinajstić information content (AvgIpc) is 3.32. The van der Waals surface area contributed by atoms with E-state index >= 15 is 0 Å². The summed E-state index contributed by atoms with van der Waals surface area (Å²) in [4.78, 5) is 20.2. The lowest BCUT2D eigenvalue weighted by atomic mass is 10.2. The number of aromatic nitrogens is 4. The highest BCUT2D eigenvalue weighted by Crippen LogP contribution is 2.29. The van der Waals surface area contributed by atoms with Crippen LogP contribution in [0.4, 0.5) is 11.5 Å². The Morgan fingerprint density at radius 1 is 1.08 bits per heavy atom. The van der Waals surface area contributed by atoms with Gasteiger partial charge in [0.25, 0.3) is 0 Å². The van der Waals surface area contributed by atoms with E-state index in [1.807, 2.05) is 36.0 Å². The molecule has 1 N–H and O–H groups in total. The molecule has 7 heteroatoms. The predicted octanol–water partition coefficient (Wildman–Crippen LogP) is 3.74. The second kappa shape index (κ2) is 6.44. The van der Waals surface area contributed by atoms with Crippen LogP contribution in [0.15, 0.2) is 54.4 Å². The van der Waals surface area contributed by atoms with Gasteiger partial charge in [0.2, 0.25) is 0 Å². The summed E-state index contributed by atoms with van der Waals surface area (Å²) in [6.45, 7) is 2.48. The molecule has 26 heavy (non-hydrogen) atoms. The van der Waals surface area contributed by atoms with Crippen LogP contribution in [0.5, 0.6) is 0 Å². The fourth-order valence-electron chi connectivity index (χ4n) is 3.26. The highest BCUT2D eigenvalue weighted by molar-refractivity contribution is 7.09. The zero-order valence-electron chi connectivity index (χ0n) is 14.0. The minimum atomic E-state index is 0.819. The molecule has 0 saturated carbocycles. The summed E-state index contributed by atoms with van der Waals surface area (Å²) in [5.41, 5.74) is 4.15. The fraction of sp³-hybridized carbons (Fsp3) is 0.158. The number of benzene rings is 1.